The summed E-state index contributed by atoms with van der Waals surface area (Å²) in [5, 5.41) is 5.36. The molecule has 1 amide bonds. The van der Waals surface area contributed by atoms with Crippen LogP contribution in [-0.4, -0.2) is 48.5 Å². The molecule has 0 aliphatic carbocycles. The molecule has 31 heavy (non-hydrogen) atoms. The molecule has 1 saturated heterocycles. The zero-order chi connectivity index (χ0) is 20.9. The molecule has 1 aliphatic heterocycles. The van der Waals surface area contributed by atoms with Crippen LogP contribution in [-0.2, 0) is 11.3 Å². The van der Waals surface area contributed by atoms with Gasteiger partial charge in [-0.25, -0.2) is 4.98 Å². The quantitative estimate of drug-likeness (QED) is 0.616. The molecule has 1 aromatic heterocycles. The number of nitrogens with one attached hydrogen (secondary N) is 1. The van der Waals surface area contributed by atoms with Crippen LogP contribution in [0.1, 0.15) is 25.8 Å². The Bertz CT molecular complexity index is 1010. The average Bonchev–Trinajstić information content (AvgIpc) is 2.82. The van der Waals surface area contributed by atoms with Crippen molar-refractivity contribution in [2.45, 2.75) is 26.8 Å². The van der Waals surface area contributed by atoms with Crippen molar-refractivity contribution < 1.29 is 4.79 Å². The molecular weight excluding hydrogens is 408 g/mol. The molecule has 164 valence electrons. The second kappa shape index (κ2) is 10.6. The van der Waals surface area contributed by atoms with Gasteiger partial charge >= 0.3 is 0 Å². The molecule has 0 unspecified atom stereocenters. The van der Waals surface area contributed by atoms with Gasteiger partial charge in [0.15, 0.2) is 0 Å². The first kappa shape index (κ1) is 23.0. The van der Waals surface area contributed by atoms with E-state index in [1.165, 1.54) is 10.8 Å². The minimum Gasteiger partial charge on any atom is -0.354 e. The molecule has 1 aliphatic rings. The number of carbonyl (C=O) groups excluding carboxylic acids is 1. The lowest BCUT2D eigenvalue weighted by Crippen LogP contribution is -2.46. The van der Waals surface area contributed by atoms with E-state index in [4.69, 9.17) is 4.98 Å². The van der Waals surface area contributed by atoms with Crippen LogP contribution in [0.25, 0.3) is 22.0 Å². The third-order valence-corrected chi connectivity index (χ3v) is 5.90. The predicted octanol–water partition coefficient (Wildman–Crippen LogP) is 4.49. The van der Waals surface area contributed by atoms with Gasteiger partial charge in [0.2, 0.25) is 5.91 Å². The number of carbonyl (C=O) groups is 1. The maximum atomic E-state index is 11.5. The first-order valence-electron chi connectivity index (χ1n) is 10.9. The molecule has 0 saturated carbocycles. The molecule has 6 heteroatoms. The number of fused-ring (bicyclic) bond motifs is 1. The number of rotatable bonds is 6. The van der Waals surface area contributed by atoms with Crippen LogP contribution in [0.2, 0.25) is 0 Å². The fraction of sp³-hybridized carbons (Fsp3) is 0.360. The van der Waals surface area contributed by atoms with E-state index in [2.05, 4.69) is 76.6 Å². The zero-order valence-corrected chi connectivity index (χ0v) is 19.1. The number of halogens is 1. The molecule has 0 bridgehead atoms. The first-order chi connectivity index (χ1) is 14.7. The van der Waals surface area contributed by atoms with Crippen molar-refractivity contribution >= 4 is 34.9 Å². The normalized spacial score (nSPS) is 14.3. The molecular formula is C25H31ClN4O. The van der Waals surface area contributed by atoms with Crippen molar-refractivity contribution in [3.05, 3.63) is 60.2 Å². The summed E-state index contributed by atoms with van der Waals surface area (Å²) in [4.78, 5) is 21.5. The number of piperazine rings is 1. The monoisotopic (exact) mass is 438 g/mol. The predicted molar refractivity (Wildman–Crippen MR) is 131 cm³/mol. The Balaban J connectivity index is 0.00000272. The highest BCUT2D eigenvalue weighted by Crippen LogP contribution is 2.30. The second-order valence-electron chi connectivity index (χ2n) is 7.80. The van der Waals surface area contributed by atoms with Gasteiger partial charge in [-0.1, -0.05) is 62.4 Å². The number of benzene rings is 2. The maximum absolute atomic E-state index is 11.5. The van der Waals surface area contributed by atoms with Crippen LogP contribution in [0.5, 0.6) is 0 Å². The van der Waals surface area contributed by atoms with Gasteiger partial charge in [0.05, 0.1) is 5.69 Å². The van der Waals surface area contributed by atoms with Crippen LogP contribution in [0.4, 0.5) is 5.82 Å². The highest BCUT2D eigenvalue weighted by atomic mass is 35.5. The lowest BCUT2D eigenvalue weighted by molar-refractivity contribution is -0.120. The van der Waals surface area contributed by atoms with Crippen molar-refractivity contribution in [3.8, 4) is 11.3 Å². The van der Waals surface area contributed by atoms with Gasteiger partial charge in [-0.05, 0) is 23.6 Å². The number of aromatic nitrogens is 1. The standard InChI is InChI=1S/C25H30N4O.ClH/c1-3-24(30)26-18-19-9-11-20(12-10-19)23-17-21-7-5-6-8-22(21)25(27-23)29-15-13-28(4-2)14-16-29;/h5-12,17H,3-4,13-16,18H2,1-2H3,(H,26,30);1H. The van der Waals surface area contributed by atoms with Crippen molar-refractivity contribution in [1.29, 1.82) is 0 Å². The highest BCUT2D eigenvalue weighted by Gasteiger charge is 2.19. The summed E-state index contributed by atoms with van der Waals surface area (Å²) in [6.07, 6.45) is 0.508. The van der Waals surface area contributed by atoms with Crippen LogP contribution < -0.4 is 10.2 Å². The van der Waals surface area contributed by atoms with Crippen molar-refractivity contribution in [3.63, 3.8) is 0 Å². The summed E-state index contributed by atoms with van der Waals surface area (Å²) in [6.45, 7) is 9.92. The van der Waals surface area contributed by atoms with E-state index in [0.717, 1.165) is 55.4 Å². The summed E-state index contributed by atoms with van der Waals surface area (Å²) >= 11 is 0. The Morgan fingerprint density at radius 2 is 1.71 bits per heavy atom. The topological polar surface area (TPSA) is 48.5 Å². The first-order valence-corrected chi connectivity index (χ1v) is 10.9. The van der Waals surface area contributed by atoms with Crippen LogP contribution in [0.15, 0.2) is 54.6 Å². The molecule has 1 fully saturated rings. The smallest absolute Gasteiger partial charge is 0.219 e. The SMILES string of the molecule is CCC(=O)NCc1ccc(-c2cc3ccccc3c(N3CCN(CC)CC3)n2)cc1.Cl. The van der Waals surface area contributed by atoms with E-state index < -0.39 is 0 Å². The van der Waals surface area contributed by atoms with E-state index in [0.29, 0.717) is 13.0 Å². The lowest BCUT2D eigenvalue weighted by atomic mass is 10.0. The van der Waals surface area contributed by atoms with Crippen LogP contribution in [0.3, 0.4) is 0 Å². The number of anilines is 1. The molecule has 0 atom stereocenters. The van der Waals surface area contributed by atoms with E-state index in [9.17, 15) is 4.79 Å². The highest BCUT2D eigenvalue weighted by molar-refractivity contribution is 5.95. The Hall–Kier alpha value is -2.63. The van der Waals surface area contributed by atoms with E-state index in [1.54, 1.807) is 0 Å². The number of hydrogen-bond donors (Lipinski definition) is 1. The Kier molecular flexibility index (Phi) is 7.88. The van der Waals surface area contributed by atoms with Crippen LogP contribution >= 0.6 is 12.4 Å². The number of hydrogen-bond acceptors (Lipinski definition) is 4. The summed E-state index contributed by atoms with van der Waals surface area (Å²) in [6, 6.07) is 19.0. The van der Waals surface area contributed by atoms with Crippen molar-refractivity contribution in [2.75, 3.05) is 37.6 Å². The molecule has 0 radical (unpaired) electrons. The number of pyridine rings is 1. The van der Waals surface area contributed by atoms with E-state index in [-0.39, 0.29) is 18.3 Å². The minimum absolute atomic E-state index is 0. The van der Waals surface area contributed by atoms with Gasteiger partial charge in [-0.3, -0.25) is 4.79 Å². The Morgan fingerprint density at radius 3 is 2.39 bits per heavy atom. The summed E-state index contributed by atoms with van der Waals surface area (Å²) in [7, 11) is 0. The summed E-state index contributed by atoms with van der Waals surface area (Å²) in [5.74, 6) is 1.15. The van der Waals surface area contributed by atoms with E-state index in [1.807, 2.05) is 6.92 Å². The largest absolute Gasteiger partial charge is 0.354 e. The van der Waals surface area contributed by atoms with E-state index >= 15 is 0 Å². The van der Waals surface area contributed by atoms with Crippen LogP contribution in [0, 0.1) is 0 Å². The second-order valence-corrected chi connectivity index (χ2v) is 7.80. The summed E-state index contributed by atoms with van der Waals surface area (Å²) < 4.78 is 0. The van der Waals surface area contributed by atoms with Gasteiger partial charge in [0, 0.05) is 50.1 Å². The molecule has 5 nitrogen and oxygen atoms in total. The number of amides is 1. The van der Waals surface area contributed by atoms with Gasteiger partial charge in [0.1, 0.15) is 5.82 Å². The van der Waals surface area contributed by atoms with Gasteiger partial charge in [0.25, 0.3) is 0 Å². The molecule has 1 N–H and O–H groups in total. The average molecular weight is 439 g/mol. The third-order valence-electron chi connectivity index (χ3n) is 5.90. The number of likely N-dealkylation sites (N-methyl/N-ethyl adjacent to an activating group) is 1. The third kappa shape index (κ3) is 5.35. The molecule has 0 spiro atoms. The molecule has 2 heterocycles. The summed E-state index contributed by atoms with van der Waals surface area (Å²) in [5.41, 5.74) is 3.18. The van der Waals surface area contributed by atoms with Gasteiger partial charge < -0.3 is 15.1 Å². The van der Waals surface area contributed by atoms with Crippen molar-refractivity contribution in [2.24, 2.45) is 0 Å². The van der Waals surface area contributed by atoms with Gasteiger partial charge in [-0.15, -0.1) is 12.4 Å². The Morgan fingerprint density at radius 1 is 1.00 bits per heavy atom. The molecule has 4 rings (SSSR count). The molecule has 3 aromatic rings. The fourth-order valence-electron chi connectivity index (χ4n) is 3.96. The minimum atomic E-state index is 0. The van der Waals surface area contributed by atoms with Crippen molar-refractivity contribution in [1.82, 2.24) is 15.2 Å². The number of nitrogens with zero attached hydrogens (tertiary/aromatic N) is 3. The Labute approximate surface area is 190 Å². The molecule has 2 aromatic carbocycles. The fourth-order valence-corrected chi connectivity index (χ4v) is 3.96. The lowest BCUT2D eigenvalue weighted by Gasteiger charge is -2.35. The maximum Gasteiger partial charge on any atom is 0.219 e. The zero-order valence-electron chi connectivity index (χ0n) is 18.3. The van der Waals surface area contributed by atoms with Gasteiger partial charge in [-0.2, -0.15) is 0 Å².